The molecule has 146 valence electrons. The molecule has 0 aromatic heterocycles. The van der Waals surface area contributed by atoms with E-state index in [0.717, 1.165) is 10.6 Å². The maximum atomic E-state index is 12.8. The van der Waals surface area contributed by atoms with Gasteiger partial charge in [-0.3, -0.25) is 9.10 Å². The van der Waals surface area contributed by atoms with Gasteiger partial charge in [0, 0.05) is 0 Å². The van der Waals surface area contributed by atoms with Crippen molar-refractivity contribution in [2.75, 3.05) is 22.5 Å². The molecule has 0 saturated heterocycles. The summed E-state index contributed by atoms with van der Waals surface area (Å²) in [4.78, 5) is 12.8. The second kappa shape index (κ2) is 9.10. The van der Waals surface area contributed by atoms with Gasteiger partial charge in [0.2, 0.25) is 15.9 Å². The number of benzene rings is 2. The number of carbonyl (C=O) groups excluding carboxylic acids is 1. The SMILES string of the molecule is CCOc1ccc(N(C(CC)C(=O)Nc2ccccc2Cl)S(C)(=O)=O)cc1. The Bertz CT molecular complexity index is 885. The highest BCUT2D eigenvalue weighted by Crippen LogP contribution is 2.27. The van der Waals surface area contributed by atoms with Crippen molar-refractivity contribution in [2.45, 2.75) is 26.3 Å². The minimum Gasteiger partial charge on any atom is -0.494 e. The first-order chi connectivity index (χ1) is 12.8. The quantitative estimate of drug-likeness (QED) is 0.715. The lowest BCUT2D eigenvalue weighted by molar-refractivity contribution is -0.117. The largest absolute Gasteiger partial charge is 0.494 e. The minimum atomic E-state index is -3.70. The Morgan fingerprint density at radius 3 is 2.30 bits per heavy atom. The molecule has 0 spiro atoms. The van der Waals surface area contributed by atoms with Gasteiger partial charge in [-0.1, -0.05) is 30.7 Å². The minimum absolute atomic E-state index is 0.288. The molecule has 0 radical (unpaired) electrons. The van der Waals surface area contributed by atoms with Crippen LogP contribution >= 0.6 is 11.6 Å². The fourth-order valence-corrected chi connectivity index (χ4v) is 4.09. The number of carbonyl (C=O) groups is 1. The van der Waals surface area contributed by atoms with Crippen molar-refractivity contribution in [3.8, 4) is 5.75 Å². The summed E-state index contributed by atoms with van der Waals surface area (Å²) in [6.07, 6.45) is 1.37. The normalized spacial score (nSPS) is 12.3. The average Bonchev–Trinajstić information content (AvgIpc) is 2.61. The molecule has 0 aliphatic carbocycles. The summed E-state index contributed by atoms with van der Waals surface area (Å²) in [5, 5.41) is 3.10. The Balaban J connectivity index is 2.35. The number of sulfonamides is 1. The van der Waals surface area contributed by atoms with Crippen LogP contribution in [0.5, 0.6) is 5.75 Å². The van der Waals surface area contributed by atoms with Crippen molar-refractivity contribution in [1.82, 2.24) is 0 Å². The zero-order valence-electron chi connectivity index (χ0n) is 15.5. The first kappa shape index (κ1) is 21.1. The van der Waals surface area contributed by atoms with Crippen molar-refractivity contribution >= 4 is 38.9 Å². The molecular weight excluding hydrogens is 388 g/mol. The van der Waals surface area contributed by atoms with Gasteiger partial charge in [-0.2, -0.15) is 0 Å². The van der Waals surface area contributed by atoms with E-state index in [-0.39, 0.29) is 6.42 Å². The lowest BCUT2D eigenvalue weighted by Gasteiger charge is -2.30. The fourth-order valence-electron chi connectivity index (χ4n) is 2.69. The van der Waals surface area contributed by atoms with Crippen LogP contribution in [0.2, 0.25) is 5.02 Å². The molecule has 27 heavy (non-hydrogen) atoms. The van der Waals surface area contributed by atoms with E-state index in [1.165, 1.54) is 0 Å². The first-order valence-corrected chi connectivity index (χ1v) is 10.8. The Morgan fingerprint density at radius 1 is 1.15 bits per heavy atom. The van der Waals surface area contributed by atoms with Gasteiger partial charge < -0.3 is 10.1 Å². The van der Waals surface area contributed by atoms with Crippen LogP contribution in [0.15, 0.2) is 48.5 Å². The van der Waals surface area contributed by atoms with Gasteiger partial charge >= 0.3 is 0 Å². The van der Waals surface area contributed by atoms with Crippen molar-refractivity contribution < 1.29 is 17.9 Å². The zero-order chi connectivity index (χ0) is 20.0. The summed E-state index contributed by atoms with van der Waals surface area (Å²) in [7, 11) is -3.70. The Kier molecular flexibility index (Phi) is 7.10. The average molecular weight is 411 g/mol. The summed E-state index contributed by atoms with van der Waals surface area (Å²) in [6.45, 7) is 4.12. The van der Waals surface area contributed by atoms with E-state index >= 15 is 0 Å². The number of ether oxygens (including phenoxy) is 1. The third-order valence-corrected chi connectivity index (χ3v) is 5.37. The molecule has 0 saturated carbocycles. The Hall–Kier alpha value is -2.25. The van der Waals surface area contributed by atoms with Crippen molar-refractivity contribution in [3.63, 3.8) is 0 Å². The van der Waals surface area contributed by atoms with E-state index in [1.54, 1.807) is 55.5 Å². The molecule has 1 amide bonds. The van der Waals surface area contributed by atoms with E-state index in [1.807, 2.05) is 6.92 Å². The van der Waals surface area contributed by atoms with Gasteiger partial charge in [-0.15, -0.1) is 0 Å². The van der Waals surface area contributed by atoms with Crippen LogP contribution in [0.4, 0.5) is 11.4 Å². The highest BCUT2D eigenvalue weighted by atomic mass is 35.5. The van der Waals surface area contributed by atoms with Crippen LogP contribution in [-0.2, 0) is 14.8 Å². The van der Waals surface area contributed by atoms with Gasteiger partial charge in [0.15, 0.2) is 0 Å². The highest BCUT2D eigenvalue weighted by molar-refractivity contribution is 7.92. The molecule has 8 heteroatoms. The van der Waals surface area contributed by atoms with E-state index in [0.29, 0.717) is 28.8 Å². The molecular formula is C19H23ClN2O4S. The second-order valence-electron chi connectivity index (χ2n) is 5.88. The fraction of sp³-hybridized carbons (Fsp3) is 0.316. The maximum absolute atomic E-state index is 12.8. The molecule has 0 heterocycles. The molecule has 0 bridgehead atoms. The summed E-state index contributed by atoms with van der Waals surface area (Å²) in [5.74, 6) is 0.174. The van der Waals surface area contributed by atoms with Crippen LogP contribution in [-0.4, -0.2) is 33.2 Å². The Morgan fingerprint density at radius 2 is 1.78 bits per heavy atom. The first-order valence-electron chi connectivity index (χ1n) is 8.55. The van der Waals surface area contributed by atoms with Crippen molar-refractivity contribution in [3.05, 3.63) is 53.6 Å². The topological polar surface area (TPSA) is 75.7 Å². The summed E-state index contributed by atoms with van der Waals surface area (Å²) in [5.41, 5.74) is 0.824. The lowest BCUT2D eigenvalue weighted by Crippen LogP contribution is -2.47. The van der Waals surface area contributed by atoms with Gasteiger partial charge in [-0.05, 0) is 49.7 Å². The molecule has 2 aromatic carbocycles. The summed E-state index contributed by atoms with van der Waals surface area (Å²) in [6, 6.07) is 12.5. The smallest absolute Gasteiger partial charge is 0.248 e. The number of rotatable bonds is 8. The van der Waals surface area contributed by atoms with E-state index < -0.39 is 22.0 Å². The zero-order valence-corrected chi connectivity index (χ0v) is 17.0. The number of halogens is 1. The molecule has 1 atom stereocenters. The third-order valence-electron chi connectivity index (χ3n) is 3.86. The number of nitrogens with zero attached hydrogens (tertiary/aromatic N) is 1. The third kappa shape index (κ3) is 5.37. The summed E-state index contributed by atoms with van der Waals surface area (Å²) >= 11 is 6.09. The number of para-hydroxylation sites is 1. The van der Waals surface area contributed by atoms with Crippen LogP contribution in [0.1, 0.15) is 20.3 Å². The maximum Gasteiger partial charge on any atom is 0.248 e. The predicted molar refractivity (Wildman–Crippen MR) is 109 cm³/mol. The molecule has 0 fully saturated rings. The van der Waals surface area contributed by atoms with Crippen LogP contribution in [0, 0.1) is 0 Å². The monoisotopic (exact) mass is 410 g/mol. The van der Waals surface area contributed by atoms with Gasteiger partial charge in [0.25, 0.3) is 0 Å². The van der Waals surface area contributed by atoms with Gasteiger partial charge in [0.1, 0.15) is 11.8 Å². The molecule has 0 aliphatic heterocycles. The number of hydrogen-bond acceptors (Lipinski definition) is 4. The molecule has 0 aliphatic rings. The molecule has 1 unspecified atom stereocenters. The molecule has 2 rings (SSSR count). The van der Waals surface area contributed by atoms with E-state index in [4.69, 9.17) is 16.3 Å². The van der Waals surface area contributed by atoms with Crippen LogP contribution in [0.25, 0.3) is 0 Å². The second-order valence-corrected chi connectivity index (χ2v) is 8.15. The number of anilines is 2. The number of nitrogens with one attached hydrogen (secondary N) is 1. The molecule has 6 nitrogen and oxygen atoms in total. The van der Waals surface area contributed by atoms with E-state index in [9.17, 15) is 13.2 Å². The lowest BCUT2D eigenvalue weighted by atomic mass is 10.1. The van der Waals surface area contributed by atoms with Crippen molar-refractivity contribution in [2.24, 2.45) is 0 Å². The molecule has 1 N–H and O–H groups in total. The van der Waals surface area contributed by atoms with E-state index in [2.05, 4.69) is 5.32 Å². The number of amides is 1. The Labute approximate surface area is 165 Å². The van der Waals surface area contributed by atoms with Gasteiger partial charge in [-0.25, -0.2) is 8.42 Å². The predicted octanol–water partition coefficient (Wildman–Crippen LogP) is 3.92. The standard InChI is InChI=1S/C19H23ClN2O4S/c1-4-18(19(23)21-17-9-7-6-8-16(17)20)22(27(3,24)25)14-10-12-15(13-11-14)26-5-2/h6-13,18H,4-5H2,1-3H3,(H,21,23). The summed E-state index contributed by atoms with van der Waals surface area (Å²) < 4.78 is 31.4. The van der Waals surface area contributed by atoms with Crippen molar-refractivity contribution in [1.29, 1.82) is 0 Å². The molecule has 2 aromatic rings. The van der Waals surface area contributed by atoms with Crippen LogP contribution in [0.3, 0.4) is 0 Å². The van der Waals surface area contributed by atoms with Gasteiger partial charge in [0.05, 0.1) is 29.3 Å². The van der Waals surface area contributed by atoms with Crippen LogP contribution < -0.4 is 14.4 Å². The number of hydrogen-bond donors (Lipinski definition) is 1. The highest BCUT2D eigenvalue weighted by Gasteiger charge is 2.31.